The Bertz CT molecular complexity index is 1030. The van der Waals surface area contributed by atoms with Crippen molar-refractivity contribution in [3.8, 4) is 16.3 Å². The van der Waals surface area contributed by atoms with Crippen molar-refractivity contribution >= 4 is 34.0 Å². The average Bonchev–Trinajstić information content (AvgIpc) is 3.25. The summed E-state index contributed by atoms with van der Waals surface area (Å²) in [4.78, 5) is 16.4. The van der Waals surface area contributed by atoms with Gasteiger partial charge in [-0.25, -0.2) is 10.1 Å². The topological polar surface area (TPSA) is 117 Å². The molecule has 8 nitrogen and oxygen atoms in total. The molecule has 2 heterocycles. The van der Waals surface area contributed by atoms with Gasteiger partial charge in [0.25, 0.3) is 5.91 Å². The Morgan fingerprint density at radius 3 is 2.75 bits per heavy atom. The lowest BCUT2D eigenvalue weighted by molar-refractivity contribution is 0.102. The van der Waals surface area contributed by atoms with Crippen LogP contribution < -0.4 is 5.32 Å². The quantitative estimate of drug-likeness (QED) is 0.528. The number of phenolic OH excluding ortho intramolecular Hbond substituents is 1. The van der Waals surface area contributed by atoms with Crippen molar-refractivity contribution in [3.05, 3.63) is 47.5 Å². The number of hydrogen-bond donors (Lipinski definition) is 3. The average molecular weight is 338 g/mol. The molecular weight excluding hydrogens is 328 g/mol. The standard InChI is InChI=1S/C15H10N6O2S/c22-12-6-9-4-2-1-3-8(9)5-10(12)14-16-11(7-24-14)13(23)17-15-18-20-21-19-15/h1-7,22H,(H2,17,18,19,20,21,23). The summed E-state index contributed by atoms with van der Waals surface area (Å²) < 4.78 is 0. The summed E-state index contributed by atoms with van der Waals surface area (Å²) in [5.41, 5.74) is 0.804. The van der Waals surface area contributed by atoms with Crippen LogP contribution in [0.4, 0.5) is 5.95 Å². The van der Waals surface area contributed by atoms with Gasteiger partial charge in [-0.1, -0.05) is 29.4 Å². The summed E-state index contributed by atoms with van der Waals surface area (Å²) in [5.74, 6) is -0.172. The van der Waals surface area contributed by atoms with E-state index in [1.807, 2.05) is 30.3 Å². The minimum absolute atomic E-state index is 0.120. The molecule has 4 aromatic rings. The molecule has 1 amide bonds. The van der Waals surface area contributed by atoms with E-state index >= 15 is 0 Å². The Morgan fingerprint density at radius 2 is 2.00 bits per heavy atom. The monoisotopic (exact) mass is 338 g/mol. The first-order valence-corrected chi connectivity index (χ1v) is 7.81. The van der Waals surface area contributed by atoms with Crippen molar-refractivity contribution in [2.75, 3.05) is 5.32 Å². The Morgan fingerprint density at radius 1 is 1.21 bits per heavy atom. The zero-order valence-electron chi connectivity index (χ0n) is 12.1. The number of thiazole rings is 1. The molecule has 0 unspecified atom stereocenters. The first-order valence-electron chi connectivity index (χ1n) is 6.93. The van der Waals surface area contributed by atoms with Gasteiger partial charge < -0.3 is 5.11 Å². The van der Waals surface area contributed by atoms with E-state index in [-0.39, 0.29) is 17.4 Å². The van der Waals surface area contributed by atoms with Crippen LogP contribution in [0.2, 0.25) is 0 Å². The normalized spacial score (nSPS) is 10.8. The van der Waals surface area contributed by atoms with Crippen LogP contribution >= 0.6 is 11.3 Å². The largest absolute Gasteiger partial charge is 0.507 e. The lowest BCUT2D eigenvalue weighted by Crippen LogP contribution is -2.13. The Hall–Kier alpha value is -3.33. The summed E-state index contributed by atoms with van der Waals surface area (Å²) in [6, 6.07) is 11.2. The van der Waals surface area contributed by atoms with Crippen LogP contribution in [-0.4, -0.2) is 36.6 Å². The molecule has 0 spiro atoms. The first-order chi connectivity index (χ1) is 11.7. The van der Waals surface area contributed by atoms with E-state index in [0.29, 0.717) is 10.6 Å². The number of nitrogens with zero attached hydrogens (tertiary/aromatic N) is 4. The van der Waals surface area contributed by atoms with Crippen LogP contribution in [0, 0.1) is 0 Å². The van der Waals surface area contributed by atoms with Gasteiger partial charge >= 0.3 is 0 Å². The zero-order chi connectivity index (χ0) is 16.5. The van der Waals surface area contributed by atoms with Gasteiger partial charge in [0.2, 0.25) is 5.95 Å². The van der Waals surface area contributed by atoms with E-state index in [9.17, 15) is 9.90 Å². The first kappa shape index (κ1) is 14.3. The molecule has 4 rings (SSSR count). The molecule has 2 aromatic heterocycles. The number of hydrogen-bond acceptors (Lipinski definition) is 7. The molecule has 0 aliphatic rings. The Labute approximate surface area is 139 Å². The fourth-order valence-electron chi connectivity index (χ4n) is 2.28. The Balaban J connectivity index is 1.67. The maximum Gasteiger partial charge on any atom is 0.277 e. The predicted molar refractivity (Wildman–Crippen MR) is 88.9 cm³/mol. The van der Waals surface area contributed by atoms with Crippen LogP contribution in [0.15, 0.2) is 41.8 Å². The van der Waals surface area contributed by atoms with Gasteiger partial charge in [-0.15, -0.1) is 11.3 Å². The number of aromatic hydroxyl groups is 1. The molecule has 0 bridgehead atoms. The molecule has 0 aliphatic carbocycles. The summed E-state index contributed by atoms with van der Waals surface area (Å²) in [6.45, 7) is 0. The maximum atomic E-state index is 12.1. The molecule has 24 heavy (non-hydrogen) atoms. The van der Waals surface area contributed by atoms with E-state index in [4.69, 9.17) is 0 Å². The highest BCUT2D eigenvalue weighted by molar-refractivity contribution is 7.13. The minimum Gasteiger partial charge on any atom is -0.507 e. The fourth-order valence-corrected chi connectivity index (χ4v) is 3.11. The van der Waals surface area contributed by atoms with Crippen LogP contribution in [-0.2, 0) is 0 Å². The molecule has 2 aromatic carbocycles. The number of nitrogens with one attached hydrogen (secondary N) is 2. The number of fused-ring (bicyclic) bond motifs is 1. The number of phenols is 1. The molecule has 0 atom stereocenters. The highest BCUT2D eigenvalue weighted by Gasteiger charge is 2.15. The molecule has 0 radical (unpaired) electrons. The molecule has 0 saturated carbocycles. The summed E-state index contributed by atoms with van der Waals surface area (Å²) >= 11 is 1.27. The lowest BCUT2D eigenvalue weighted by Gasteiger charge is -2.04. The van der Waals surface area contributed by atoms with E-state index in [2.05, 4.69) is 30.9 Å². The number of aromatic nitrogens is 5. The van der Waals surface area contributed by atoms with Crippen molar-refractivity contribution in [2.24, 2.45) is 0 Å². The summed E-state index contributed by atoms with van der Waals surface area (Å²) in [7, 11) is 0. The number of anilines is 1. The van der Waals surface area contributed by atoms with Gasteiger partial charge in [-0.05, 0) is 33.3 Å². The van der Waals surface area contributed by atoms with Gasteiger partial charge in [0, 0.05) is 5.38 Å². The lowest BCUT2D eigenvalue weighted by atomic mass is 10.1. The number of rotatable bonds is 3. The van der Waals surface area contributed by atoms with Crippen LogP contribution in [0.3, 0.4) is 0 Å². The van der Waals surface area contributed by atoms with Crippen molar-refractivity contribution in [1.82, 2.24) is 25.6 Å². The fraction of sp³-hybridized carbons (Fsp3) is 0. The second-order valence-corrected chi connectivity index (χ2v) is 5.82. The van der Waals surface area contributed by atoms with Crippen LogP contribution in [0.25, 0.3) is 21.3 Å². The van der Waals surface area contributed by atoms with Gasteiger partial charge in [0.1, 0.15) is 16.5 Å². The third-order valence-corrected chi connectivity index (χ3v) is 4.28. The number of benzene rings is 2. The molecular formula is C15H10N6O2S. The minimum atomic E-state index is -0.434. The van der Waals surface area contributed by atoms with E-state index in [1.54, 1.807) is 11.4 Å². The highest BCUT2D eigenvalue weighted by Crippen LogP contribution is 2.35. The van der Waals surface area contributed by atoms with Gasteiger partial charge in [0.05, 0.1) is 5.56 Å². The zero-order valence-corrected chi connectivity index (χ0v) is 12.9. The van der Waals surface area contributed by atoms with Gasteiger partial charge in [-0.2, -0.15) is 0 Å². The summed E-state index contributed by atoms with van der Waals surface area (Å²) in [5, 5.41) is 29.6. The second kappa shape index (κ2) is 5.70. The molecule has 0 aliphatic heterocycles. The van der Waals surface area contributed by atoms with Crippen LogP contribution in [0.5, 0.6) is 5.75 Å². The van der Waals surface area contributed by atoms with Crippen molar-refractivity contribution in [3.63, 3.8) is 0 Å². The molecule has 3 N–H and O–H groups in total. The maximum absolute atomic E-state index is 12.1. The predicted octanol–water partition coefficient (Wildman–Crippen LogP) is 2.43. The van der Waals surface area contributed by atoms with Crippen LogP contribution in [0.1, 0.15) is 10.5 Å². The highest BCUT2D eigenvalue weighted by atomic mass is 32.1. The van der Waals surface area contributed by atoms with Gasteiger partial charge in [0.15, 0.2) is 0 Å². The number of tetrazole rings is 1. The van der Waals surface area contributed by atoms with Gasteiger partial charge in [-0.3, -0.25) is 10.1 Å². The third kappa shape index (κ3) is 2.57. The van der Waals surface area contributed by atoms with Crippen molar-refractivity contribution in [2.45, 2.75) is 0 Å². The second-order valence-electron chi connectivity index (χ2n) is 4.96. The molecule has 118 valence electrons. The van der Waals surface area contributed by atoms with Crippen molar-refractivity contribution in [1.29, 1.82) is 0 Å². The third-order valence-electron chi connectivity index (χ3n) is 3.41. The molecule has 0 saturated heterocycles. The number of carbonyl (C=O) groups excluding carboxylic acids is 1. The summed E-state index contributed by atoms with van der Waals surface area (Å²) in [6.07, 6.45) is 0. The molecule has 0 fully saturated rings. The SMILES string of the molecule is O=C(Nc1nnn[nH]1)c1csc(-c2cc3ccccc3cc2O)n1. The number of aromatic amines is 1. The van der Waals surface area contributed by atoms with Crippen molar-refractivity contribution < 1.29 is 9.90 Å². The number of amides is 1. The van der Waals surface area contributed by atoms with E-state index < -0.39 is 5.91 Å². The number of H-pyrrole nitrogens is 1. The Kier molecular flexibility index (Phi) is 3.39. The molecule has 9 heteroatoms. The van der Waals surface area contributed by atoms with E-state index in [0.717, 1.165) is 10.8 Å². The van der Waals surface area contributed by atoms with E-state index in [1.165, 1.54) is 11.3 Å². The smallest absolute Gasteiger partial charge is 0.277 e. The number of carbonyl (C=O) groups is 1.